The summed E-state index contributed by atoms with van der Waals surface area (Å²) in [4.78, 5) is 0. The molecule has 0 amide bonds. The summed E-state index contributed by atoms with van der Waals surface area (Å²) < 4.78 is 19.4. The molecule has 1 heterocycles. The molecule has 0 saturated heterocycles. The van der Waals surface area contributed by atoms with Gasteiger partial charge in [-0.2, -0.15) is 0 Å². The van der Waals surface area contributed by atoms with Crippen molar-refractivity contribution in [1.29, 1.82) is 0 Å². The van der Waals surface area contributed by atoms with Crippen molar-refractivity contribution in [3.63, 3.8) is 0 Å². The summed E-state index contributed by atoms with van der Waals surface area (Å²) in [6.07, 6.45) is 2.78. The van der Waals surface area contributed by atoms with Crippen molar-refractivity contribution in [3.05, 3.63) is 29.6 Å². The highest BCUT2D eigenvalue weighted by atomic mass is 19.1. The summed E-state index contributed by atoms with van der Waals surface area (Å²) in [7, 11) is 0. The number of hydrogen-bond acceptors (Lipinski definition) is 2. The van der Waals surface area contributed by atoms with Gasteiger partial charge in [0.25, 0.3) is 0 Å². The fourth-order valence-electron chi connectivity index (χ4n) is 2.88. The predicted molar refractivity (Wildman–Crippen MR) is 73.7 cm³/mol. The second kappa shape index (κ2) is 5.49. The normalized spacial score (nSPS) is 27.5. The summed E-state index contributed by atoms with van der Waals surface area (Å²) in [6.45, 7) is 6.45. The van der Waals surface area contributed by atoms with Crippen molar-refractivity contribution < 1.29 is 14.2 Å². The Morgan fingerprint density at radius 3 is 2.84 bits per heavy atom. The van der Waals surface area contributed by atoms with Crippen LogP contribution in [0.15, 0.2) is 18.2 Å². The molecule has 2 rings (SSSR count). The largest absolute Gasteiger partial charge is 0.487 e. The lowest BCUT2D eigenvalue weighted by Crippen LogP contribution is -2.42. The molecule has 106 valence electrons. The highest BCUT2D eigenvalue weighted by Crippen LogP contribution is 2.44. The van der Waals surface area contributed by atoms with Crippen molar-refractivity contribution in [2.45, 2.75) is 58.2 Å². The first-order valence-electron chi connectivity index (χ1n) is 7.16. The van der Waals surface area contributed by atoms with Crippen LogP contribution in [0.1, 0.15) is 58.1 Å². The van der Waals surface area contributed by atoms with E-state index >= 15 is 0 Å². The lowest BCUT2D eigenvalue weighted by molar-refractivity contribution is -0.0320. The minimum atomic E-state index is -0.636. The van der Waals surface area contributed by atoms with Crippen LogP contribution in [0.2, 0.25) is 0 Å². The monoisotopic (exact) mass is 266 g/mol. The Morgan fingerprint density at radius 1 is 1.47 bits per heavy atom. The van der Waals surface area contributed by atoms with Crippen LogP contribution in [-0.2, 0) is 0 Å². The Bertz CT molecular complexity index is 446. The summed E-state index contributed by atoms with van der Waals surface area (Å²) in [5, 5.41) is 10.3. The van der Waals surface area contributed by atoms with Gasteiger partial charge in [0, 0.05) is 12.0 Å². The maximum atomic E-state index is 13.2. The van der Waals surface area contributed by atoms with E-state index in [0.717, 1.165) is 19.3 Å². The maximum Gasteiger partial charge on any atom is 0.126 e. The van der Waals surface area contributed by atoms with Crippen molar-refractivity contribution in [3.8, 4) is 5.75 Å². The molecule has 0 saturated carbocycles. The van der Waals surface area contributed by atoms with Gasteiger partial charge in [0.15, 0.2) is 0 Å². The zero-order valence-electron chi connectivity index (χ0n) is 11.9. The van der Waals surface area contributed by atoms with Crippen LogP contribution in [0.25, 0.3) is 0 Å². The molecule has 1 aromatic carbocycles. The topological polar surface area (TPSA) is 29.5 Å². The molecule has 2 nitrogen and oxygen atoms in total. The molecule has 0 spiro atoms. The molecule has 0 fully saturated rings. The molecule has 1 aliphatic rings. The molecule has 0 radical (unpaired) electrons. The number of aliphatic hydroxyl groups is 1. The van der Waals surface area contributed by atoms with Crippen molar-refractivity contribution in [2.75, 3.05) is 0 Å². The zero-order valence-corrected chi connectivity index (χ0v) is 11.9. The fourth-order valence-corrected chi connectivity index (χ4v) is 2.88. The number of benzene rings is 1. The van der Waals surface area contributed by atoms with Crippen molar-refractivity contribution in [1.82, 2.24) is 0 Å². The van der Waals surface area contributed by atoms with Gasteiger partial charge < -0.3 is 9.84 Å². The van der Waals surface area contributed by atoms with E-state index in [0.29, 0.717) is 23.7 Å². The first kappa shape index (κ1) is 14.3. The third-order valence-electron chi connectivity index (χ3n) is 4.28. The molecule has 19 heavy (non-hydrogen) atoms. The van der Waals surface area contributed by atoms with Crippen LogP contribution in [0.3, 0.4) is 0 Å². The molecule has 0 aliphatic carbocycles. The van der Waals surface area contributed by atoms with Crippen molar-refractivity contribution in [2.24, 2.45) is 5.92 Å². The van der Waals surface area contributed by atoms with Crippen LogP contribution in [0, 0.1) is 11.7 Å². The average Bonchev–Trinajstić information content (AvgIpc) is 2.39. The van der Waals surface area contributed by atoms with Gasteiger partial charge in [-0.15, -0.1) is 0 Å². The number of rotatable bonds is 4. The van der Waals surface area contributed by atoms with E-state index in [4.69, 9.17) is 4.74 Å². The number of aliphatic hydroxyl groups excluding tert-OH is 1. The summed E-state index contributed by atoms with van der Waals surface area (Å²) in [6, 6.07) is 4.40. The molecule has 1 aliphatic heterocycles. The molecule has 1 N–H and O–H groups in total. The maximum absolute atomic E-state index is 13.2. The quantitative estimate of drug-likeness (QED) is 0.883. The van der Waals surface area contributed by atoms with Gasteiger partial charge in [-0.05, 0) is 37.0 Å². The molecule has 3 atom stereocenters. The Labute approximate surface area is 114 Å². The van der Waals surface area contributed by atoms with E-state index in [9.17, 15) is 9.50 Å². The third-order valence-corrected chi connectivity index (χ3v) is 4.28. The lowest BCUT2D eigenvalue weighted by atomic mass is 9.80. The minimum Gasteiger partial charge on any atom is -0.487 e. The molecule has 0 bridgehead atoms. The van der Waals surface area contributed by atoms with E-state index in [2.05, 4.69) is 20.8 Å². The lowest BCUT2D eigenvalue weighted by Gasteiger charge is -2.41. The van der Waals surface area contributed by atoms with Gasteiger partial charge in [-0.3, -0.25) is 0 Å². The molecule has 0 aromatic heterocycles. The molecule has 3 heteroatoms. The zero-order chi connectivity index (χ0) is 14.0. The Balaban J connectivity index is 2.29. The summed E-state index contributed by atoms with van der Waals surface area (Å²) in [5.74, 6) is 0.853. The second-order valence-corrected chi connectivity index (χ2v) is 5.76. The number of fused-ring (bicyclic) bond motifs is 1. The SMILES string of the molecule is CCC(C)CC1(CC)C[C@H](O)c2cc(F)ccc2O1. The number of hydrogen-bond donors (Lipinski definition) is 1. The minimum absolute atomic E-state index is 0.320. The Kier molecular flexibility index (Phi) is 4.14. The van der Waals surface area contributed by atoms with E-state index in [1.807, 2.05) is 0 Å². The molecular formula is C16H23FO2. The second-order valence-electron chi connectivity index (χ2n) is 5.76. The van der Waals surface area contributed by atoms with Crippen molar-refractivity contribution >= 4 is 0 Å². The molecule has 2 unspecified atom stereocenters. The van der Waals surface area contributed by atoms with E-state index in [1.54, 1.807) is 6.07 Å². The number of ether oxygens (including phenoxy) is 1. The van der Waals surface area contributed by atoms with Gasteiger partial charge in [-0.25, -0.2) is 4.39 Å². The van der Waals surface area contributed by atoms with E-state index in [1.165, 1.54) is 12.1 Å². The Hall–Kier alpha value is -1.09. The predicted octanol–water partition coefficient (Wildman–Crippen LogP) is 4.23. The van der Waals surface area contributed by atoms with Crippen LogP contribution < -0.4 is 4.74 Å². The summed E-state index contributed by atoms with van der Waals surface area (Å²) in [5.41, 5.74) is 0.257. The first-order valence-corrected chi connectivity index (χ1v) is 7.16. The van der Waals surface area contributed by atoms with Crippen LogP contribution in [0.5, 0.6) is 5.75 Å². The van der Waals surface area contributed by atoms with Gasteiger partial charge in [0.05, 0.1) is 6.10 Å². The molecule has 1 aromatic rings. The van der Waals surface area contributed by atoms with Crippen LogP contribution >= 0.6 is 0 Å². The van der Waals surface area contributed by atoms with Gasteiger partial charge in [0.2, 0.25) is 0 Å². The fraction of sp³-hybridized carbons (Fsp3) is 0.625. The first-order chi connectivity index (χ1) is 8.99. The van der Waals surface area contributed by atoms with Gasteiger partial charge >= 0.3 is 0 Å². The van der Waals surface area contributed by atoms with Gasteiger partial charge in [0.1, 0.15) is 17.2 Å². The summed E-state index contributed by atoms with van der Waals surface area (Å²) >= 11 is 0. The van der Waals surface area contributed by atoms with E-state index in [-0.39, 0.29) is 11.4 Å². The Morgan fingerprint density at radius 2 is 2.21 bits per heavy atom. The highest BCUT2D eigenvalue weighted by molar-refractivity contribution is 5.38. The highest BCUT2D eigenvalue weighted by Gasteiger charge is 2.40. The van der Waals surface area contributed by atoms with Gasteiger partial charge in [-0.1, -0.05) is 27.2 Å². The number of halogens is 1. The molecular weight excluding hydrogens is 243 g/mol. The third kappa shape index (κ3) is 2.92. The standard InChI is InChI=1S/C16H23FO2/c1-4-11(3)9-16(5-2)10-14(18)13-8-12(17)6-7-15(13)19-16/h6-8,11,14,18H,4-5,9-10H2,1-3H3/t11?,14-,16?/m0/s1. The smallest absolute Gasteiger partial charge is 0.126 e. The van der Waals surface area contributed by atoms with E-state index < -0.39 is 6.10 Å². The van der Waals surface area contributed by atoms with Crippen LogP contribution in [0.4, 0.5) is 4.39 Å². The van der Waals surface area contributed by atoms with Crippen LogP contribution in [-0.4, -0.2) is 10.7 Å². The average molecular weight is 266 g/mol.